The Morgan fingerprint density at radius 2 is 1.93 bits per heavy atom. The van der Waals surface area contributed by atoms with Crippen LogP contribution < -0.4 is 5.73 Å². The summed E-state index contributed by atoms with van der Waals surface area (Å²) in [6.07, 6.45) is 1.92. The third-order valence-electron chi connectivity index (χ3n) is 2.94. The van der Waals surface area contributed by atoms with Crippen LogP contribution >= 0.6 is 0 Å². The van der Waals surface area contributed by atoms with Gasteiger partial charge >= 0.3 is 5.97 Å². The van der Waals surface area contributed by atoms with E-state index in [1.807, 2.05) is 13.8 Å². The summed E-state index contributed by atoms with van der Waals surface area (Å²) in [5.41, 5.74) is 5.72. The Morgan fingerprint density at radius 3 is 2.40 bits per heavy atom. The highest BCUT2D eigenvalue weighted by Crippen LogP contribution is 2.13. The maximum Gasteiger partial charge on any atom is 0.323 e. The van der Waals surface area contributed by atoms with Crippen LogP contribution in [0.5, 0.6) is 0 Å². The third-order valence-corrected chi connectivity index (χ3v) is 2.94. The first kappa shape index (κ1) is 12.5. The number of likely N-dealkylation sites (tertiary alicyclic amines) is 1. The van der Waals surface area contributed by atoms with Crippen molar-refractivity contribution in [2.75, 3.05) is 20.1 Å². The zero-order valence-corrected chi connectivity index (χ0v) is 9.90. The van der Waals surface area contributed by atoms with Gasteiger partial charge in [-0.25, -0.2) is 0 Å². The number of esters is 1. The van der Waals surface area contributed by atoms with Crippen molar-refractivity contribution in [1.29, 1.82) is 0 Å². The Labute approximate surface area is 91.8 Å². The number of rotatable bonds is 3. The van der Waals surface area contributed by atoms with Crippen LogP contribution in [0.15, 0.2) is 0 Å². The zero-order valence-electron chi connectivity index (χ0n) is 9.90. The van der Waals surface area contributed by atoms with Gasteiger partial charge in [0.05, 0.1) is 0 Å². The largest absolute Gasteiger partial charge is 0.461 e. The van der Waals surface area contributed by atoms with Crippen molar-refractivity contribution in [3.05, 3.63) is 0 Å². The van der Waals surface area contributed by atoms with E-state index in [1.165, 1.54) is 0 Å². The standard InChI is InChI=1S/C11H22N2O2/c1-8(2)10(12)11(14)15-9-4-6-13(3)7-5-9/h8-10H,4-7,12H2,1-3H3/t10-/m1/s1. The van der Waals surface area contributed by atoms with Crippen molar-refractivity contribution in [2.45, 2.75) is 38.8 Å². The maximum absolute atomic E-state index is 11.6. The summed E-state index contributed by atoms with van der Waals surface area (Å²) < 4.78 is 5.37. The normalized spacial score (nSPS) is 21.7. The molecule has 1 fully saturated rings. The van der Waals surface area contributed by atoms with Crippen LogP contribution in [0.2, 0.25) is 0 Å². The highest BCUT2D eigenvalue weighted by atomic mass is 16.5. The first-order valence-electron chi connectivity index (χ1n) is 5.65. The number of carbonyl (C=O) groups is 1. The predicted molar refractivity (Wildman–Crippen MR) is 59.4 cm³/mol. The van der Waals surface area contributed by atoms with Crippen molar-refractivity contribution in [2.24, 2.45) is 11.7 Å². The van der Waals surface area contributed by atoms with Gasteiger partial charge in [-0.1, -0.05) is 13.8 Å². The molecule has 2 N–H and O–H groups in total. The van der Waals surface area contributed by atoms with E-state index in [0.717, 1.165) is 25.9 Å². The lowest BCUT2D eigenvalue weighted by Gasteiger charge is -2.29. The van der Waals surface area contributed by atoms with Gasteiger partial charge in [-0.3, -0.25) is 4.79 Å². The van der Waals surface area contributed by atoms with E-state index in [1.54, 1.807) is 0 Å². The Morgan fingerprint density at radius 1 is 1.40 bits per heavy atom. The lowest BCUT2D eigenvalue weighted by atomic mass is 10.1. The Bertz CT molecular complexity index is 211. The number of ether oxygens (including phenoxy) is 1. The summed E-state index contributed by atoms with van der Waals surface area (Å²) in [4.78, 5) is 13.8. The summed E-state index contributed by atoms with van der Waals surface area (Å²) in [7, 11) is 2.08. The zero-order chi connectivity index (χ0) is 11.4. The van der Waals surface area contributed by atoms with Gasteiger partial charge in [0.2, 0.25) is 0 Å². The first-order chi connectivity index (χ1) is 7.00. The molecule has 0 spiro atoms. The molecule has 0 aromatic rings. The topological polar surface area (TPSA) is 55.6 Å². The lowest BCUT2D eigenvalue weighted by molar-refractivity contribution is -0.153. The van der Waals surface area contributed by atoms with E-state index in [-0.39, 0.29) is 18.0 Å². The molecule has 1 aliphatic heterocycles. The average molecular weight is 214 g/mol. The Kier molecular flexibility index (Phi) is 4.54. The third kappa shape index (κ3) is 3.80. The summed E-state index contributed by atoms with van der Waals surface area (Å²) in [6.45, 7) is 5.85. The van der Waals surface area contributed by atoms with E-state index >= 15 is 0 Å². The summed E-state index contributed by atoms with van der Waals surface area (Å²) in [5, 5.41) is 0. The molecule has 4 heteroatoms. The van der Waals surface area contributed by atoms with Crippen molar-refractivity contribution in [3.8, 4) is 0 Å². The lowest BCUT2D eigenvalue weighted by Crippen LogP contribution is -2.42. The fourth-order valence-electron chi connectivity index (χ4n) is 1.62. The molecule has 1 saturated heterocycles. The molecule has 0 aromatic heterocycles. The number of hydrogen-bond acceptors (Lipinski definition) is 4. The highest BCUT2D eigenvalue weighted by molar-refractivity contribution is 5.75. The molecule has 0 aliphatic carbocycles. The maximum atomic E-state index is 11.6. The highest BCUT2D eigenvalue weighted by Gasteiger charge is 2.24. The predicted octanol–water partition coefficient (Wildman–Crippen LogP) is 0.607. The molecule has 88 valence electrons. The fraction of sp³-hybridized carbons (Fsp3) is 0.909. The van der Waals surface area contributed by atoms with Gasteiger partial charge < -0.3 is 15.4 Å². The average Bonchev–Trinajstić information content (AvgIpc) is 2.20. The molecule has 1 aliphatic rings. The van der Waals surface area contributed by atoms with Crippen LogP contribution in [0.25, 0.3) is 0 Å². The van der Waals surface area contributed by atoms with Crippen molar-refractivity contribution in [1.82, 2.24) is 4.90 Å². The van der Waals surface area contributed by atoms with Gasteiger partial charge in [0, 0.05) is 13.1 Å². The SMILES string of the molecule is CC(C)[C@@H](N)C(=O)OC1CCN(C)CC1. The molecule has 15 heavy (non-hydrogen) atoms. The molecule has 0 amide bonds. The molecule has 0 bridgehead atoms. The number of carbonyl (C=O) groups excluding carboxylic acids is 1. The summed E-state index contributed by atoms with van der Waals surface area (Å²) in [5.74, 6) is -0.108. The van der Waals surface area contributed by atoms with Crippen LogP contribution in [0.3, 0.4) is 0 Å². The van der Waals surface area contributed by atoms with E-state index in [4.69, 9.17) is 10.5 Å². The monoisotopic (exact) mass is 214 g/mol. The van der Waals surface area contributed by atoms with Crippen LogP contribution in [0, 0.1) is 5.92 Å². The van der Waals surface area contributed by atoms with E-state index in [2.05, 4.69) is 11.9 Å². The van der Waals surface area contributed by atoms with Crippen LogP contribution in [0.1, 0.15) is 26.7 Å². The second-order valence-electron chi connectivity index (χ2n) is 4.71. The minimum atomic E-state index is -0.482. The number of nitrogens with zero attached hydrogens (tertiary/aromatic N) is 1. The van der Waals surface area contributed by atoms with Crippen molar-refractivity contribution >= 4 is 5.97 Å². The molecule has 4 nitrogen and oxygen atoms in total. The molecule has 1 heterocycles. The van der Waals surface area contributed by atoms with Gasteiger partial charge in [-0.2, -0.15) is 0 Å². The Balaban J connectivity index is 2.32. The van der Waals surface area contributed by atoms with Gasteiger partial charge in [-0.05, 0) is 25.8 Å². The molecular weight excluding hydrogens is 192 g/mol. The van der Waals surface area contributed by atoms with Crippen LogP contribution in [-0.2, 0) is 9.53 Å². The minimum Gasteiger partial charge on any atom is -0.461 e. The Hall–Kier alpha value is -0.610. The van der Waals surface area contributed by atoms with E-state index < -0.39 is 6.04 Å². The second kappa shape index (κ2) is 5.47. The number of hydrogen-bond donors (Lipinski definition) is 1. The van der Waals surface area contributed by atoms with E-state index in [0.29, 0.717) is 0 Å². The number of piperidine rings is 1. The number of nitrogens with two attached hydrogens (primary N) is 1. The molecule has 0 radical (unpaired) electrons. The molecule has 1 rings (SSSR count). The van der Waals surface area contributed by atoms with Crippen LogP contribution in [0.4, 0.5) is 0 Å². The smallest absolute Gasteiger partial charge is 0.323 e. The summed E-state index contributed by atoms with van der Waals surface area (Å²) >= 11 is 0. The van der Waals surface area contributed by atoms with Gasteiger partial charge in [0.15, 0.2) is 0 Å². The van der Waals surface area contributed by atoms with Crippen molar-refractivity contribution in [3.63, 3.8) is 0 Å². The summed E-state index contributed by atoms with van der Waals surface area (Å²) in [6, 6.07) is -0.482. The van der Waals surface area contributed by atoms with Gasteiger partial charge in [0.25, 0.3) is 0 Å². The van der Waals surface area contributed by atoms with Crippen molar-refractivity contribution < 1.29 is 9.53 Å². The van der Waals surface area contributed by atoms with Gasteiger partial charge in [-0.15, -0.1) is 0 Å². The minimum absolute atomic E-state index is 0.0681. The van der Waals surface area contributed by atoms with Gasteiger partial charge in [0.1, 0.15) is 12.1 Å². The molecule has 1 atom stereocenters. The molecular formula is C11H22N2O2. The quantitative estimate of drug-likeness (QED) is 0.699. The molecule has 0 unspecified atom stereocenters. The molecule has 0 saturated carbocycles. The molecule has 0 aromatic carbocycles. The fourth-order valence-corrected chi connectivity index (χ4v) is 1.62. The first-order valence-corrected chi connectivity index (χ1v) is 5.65. The van der Waals surface area contributed by atoms with E-state index in [9.17, 15) is 4.79 Å². The second-order valence-corrected chi connectivity index (χ2v) is 4.71. The van der Waals surface area contributed by atoms with Crippen LogP contribution in [-0.4, -0.2) is 43.2 Å².